The summed E-state index contributed by atoms with van der Waals surface area (Å²) in [6, 6.07) is 16.6. The van der Waals surface area contributed by atoms with Crippen LogP contribution in [0, 0.1) is 0 Å². The number of rotatable bonds is 6. The first-order valence-corrected chi connectivity index (χ1v) is 12.6. The van der Waals surface area contributed by atoms with E-state index in [0.29, 0.717) is 47.6 Å². The maximum absolute atomic E-state index is 13.4. The summed E-state index contributed by atoms with van der Waals surface area (Å²) in [6.45, 7) is 1.81. The molecule has 0 saturated carbocycles. The van der Waals surface area contributed by atoms with Crippen molar-refractivity contribution in [2.75, 3.05) is 7.11 Å². The van der Waals surface area contributed by atoms with Gasteiger partial charge in [0, 0.05) is 34.1 Å². The maximum atomic E-state index is 13.4. The topological polar surface area (TPSA) is 108 Å². The molecule has 8 heteroatoms. The number of hydrogen-bond donors (Lipinski definition) is 1. The number of ketones is 1. The smallest absolute Gasteiger partial charge is 0.343 e. The van der Waals surface area contributed by atoms with Gasteiger partial charge in [-0.2, -0.15) is 0 Å². The third-order valence-electron chi connectivity index (χ3n) is 7.68. The van der Waals surface area contributed by atoms with Crippen LogP contribution in [0.4, 0.5) is 0 Å². The number of pyridine rings is 2. The van der Waals surface area contributed by atoms with E-state index in [4.69, 9.17) is 14.5 Å². The lowest BCUT2D eigenvalue weighted by Gasteiger charge is -2.31. The quantitative estimate of drug-likeness (QED) is 0.273. The highest BCUT2D eigenvalue weighted by molar-refractivity contribution is 5.97. The van der Waals surface area contributed by atoms with E-state index in [1.54, 1.807) is 24.7 Å². The molecule has 0 aliphatic carbocycles. The van der Waals surface area contributed by atoms with Gasteiger partial charge in [0.1, 0.15) is 12.4 Å². The van der Waals surface area contributed by atoms with Crippen molar-refractivity contribution in [1.82, 2.24) is 9.55 Å². The monoisotopic (exact) mass is 510 g/mol. The predicted molar refractivity (Wildman–Crippen MR) is 140 cm³/mol. The zero-order valence-corrected chi connectivity index (χ0v) is 21.1. The van der Waals surface area contributed by atoms with Gasteiger partial charge in [0.15, 0.2) is 11.4 Å². The Morgan fingerprint density at radius 3 is 2.68 bits per heavy atom. The van der Waals surface area contributed by atoms with Crippen LogP contribution in [0.1, 0.15) is 52.4 Å². The van der Waals surface area contributed by atoms with Crippen LogP contribution in [0.25, 0.3) is 22.3 Å². The van der Waals surface area contributed by atoms with Gasteiger partial charge in [-0.05, 0) is 37.1 Å². The summed E-state index contributed by atoms with van der Waals surface area (Å²) in [4.78, 5) is 43.5. The molecule has 2 aliphatic heterocycles. The van der Waals surface area contributed by atoms with Crippen LogP contribution in [-0.2, 0) is 34.7 Å². The molecule has 1 unspecified atom stereocenters. The van der Waals surface area contributed by atoms with Gasteiger partial charge in [0.25, 0.3) is 5.56 Å². The SMILES string of the molecule is CCC1(O)C(=O)OCc2c1cc1n(c2=O)Cc2cc3c(CCC(=O)c4ccccc4)c(OC)ccc3nc2-1. The van der Waals surface area contributed by atoms with Crippen LogP contribution in [0.2, 0.25) is 0 Å². The van der Waals surface area contributed by atoms with E-state index in [-0.39, 0.29) is 35.5 Å². The van der Waals surface area contributed by atoms with Gasteiger partial charge in [-0.1, -0.05) is 37.3 Å². The highest BCUT2D eigenvalue weighted by Crippen LogP contribution is 2.40. The number of benzene rings is 2. The molecule has 6 rings (SSSR count). The summed E-state index contributed by atoms with van der Waals surface area (Å²) < 4.78 is 12.4. The van der Waals surface area contributed by atoms with Gasteiger partial charge in [0.2, 0.25) is 0 Å². The van der Waals surface area contributed by atoms with Crippen molar-refractivity contribution >= 4 is 22.7 Å². The Hall–Kier alpha value is -4.30. The average Bonchev–Trinajstić information content (AvgIpc) is 3.31. The standard InChI is InChI=1S/C30H26N2O6/c1-3-30(36)22-14-24-27-18(15-32(24)28(34)21(22)16-38-29(30)35)13-20-19(26(37-2)12-10-23(20)31-27)9-11-25(33)17-7-5-4-6-8-17/h4-8,10,12-14,36H,3,9,11,15-16H2,1-2H3. The number of aromatic nitrogens is 2. The molecule has 0 amide bonds. The number of nitrogens with zero attached hydrogens (tertiary/aromatic N) is 2. The number of cyclic esters (lactones) is 1. The van der Waals surface area contributed by atoms with E-state index in [1.807, 2.05) is 48.5 Å². The largest absolute Gasteiger partial charge is 0.496 e. The van der Waals surface area contributed by atoms with Crippen molar-refractivity contribution in [3.05, 3.63) is 92.8 Å². The zero-order valence-electron chi connectivity index (χ0n) is 21.1. The number of aliphatic hydroxyl groups is 1. The van der Waals surface area contributed by atoms with Crippen molar-refractivity contribution in [3.8, 4) is 17.1 Å². The fourth-order valence-electron chi connectivity index (χ4n) is 5.55. The van der Waals surface area contributed by atoms with Crippen LogP contribution in [-0.4, -0.2) is 33.5 Å². The molecule has 192 valence electrons. The highest BCUT2D eigenvalue weighted by atomic mass is 16.6. The van der Waals surface area contributed by atoms with Crippen LogP contribution in [0.3, 0.4) is 0 Å². The molecule has 0 saturated heterocycles. The fraction of sp³-hybridized carbons (Fsp3) is 0.267. The van der Waals surface area contributed by atoms with Crippen molar-refractivity contribution in [2.45, 2.75) is 44.9 Å². The molecule has 38 heavy (non-hydrogen) atoms. The normalized spacial score (nSPS) is 17.5. The lowest BCUT2D eigenvalue weighted by atomic mass is 9.86. The van der Waals surface area contributed by atoms with Crippen molar-refractivity contribution in [1.29, 1.82) is 0 Å². The third-order valence-corrected chi connectivity index (χ3v) is 7.68. The Labute approximate surface area is 218 Å². The van der Waals surface area contributed by atoms with E-state index in [0.717, 1.165) is 16.5 Å². The Morgan fingerprint density at radius 1 is 1.16 bits per heavy atom. The van der Waals surface area contributed by atoms with Crippen LogP contribution in [0.5, 0.6) is 5.75 Å². The van der Waals surface area contributed by atoms with Gasteiger partial charge in [-0.3, -0.25) is 9.59 Å². The lowest BCUT2D eigenvalue weighted by molar-refractivity contribution is -0.172. The second-order valence-corrected chi connectivity index (χ2v) is 9.70. The molecular weight excluding hydrogens is 484 g/mol. The molecule has 0 fully saturated rings. The Bertz CT molecular complexity index is 1690. The summed E-state index contributed by atoms with van der Waals surface area (Å²) in [5.41, 5.74) is 2.69. The molecule has 0 radical (unpaired) electrons. The minimum absolute atomic E-state index is 0.0449. The van der Waals surface area contributed by atoms with E-state index in [9.17, 15) is 19.5 Å². The minimum atomic E-state index is -1.87. The zero-order chi connectivity index (χ0) is 26.6. The summed E-state index contributed by atoms with van der Waals surface area (Å²) in [5, 5.41) is 11.9. The first-order valence-electron chi connectivity index (χ1n) is 12.6. The molecule has 2 aliphatic rings. The number of carbonyl (C=O) groups is 2. The van der Waals surface area contributed by atoms with Crippen LogP contribution >= 0.6 is 0 Å². The summed E-state index contributed by atoms with van der Waals surface area (Å²) in [7, 11) is 1.60. The fourth-order valence-corrected chi connectivity index (χ4v) is 5.55. The van der Waals surface area contributed by atoms with Crippen LogP contribution < -0.4 is 10.3 Å². The van der Waals surface area contributed by atoms with Crippen molar-refractivity contribution in [3.63, 3.8) is 0 Å². The molecule has 2 aromatic carbocycles. The van der Waals surface area contributed by atoms with Gasteiger partial charge in [-0.15, -0.1) is 0 Å². The summed E-state index contributed by atoms with van der Waals surface area (Å²) >= 11 is 0. The molecule has 1 N–H and O–H groups in total. The number of aryl methyl sites for hydroxylation is 1. The Kier molecular flexibility index (Phi) is 5.65. The number of ether oxygens (including phenoxy) is 2. The van der Waals surface area contributed by atoms with Crippen LogP contribution in [0.15, 0.2) is 59.4 Å². The molecule has 0 spiro atoms. The molecule has 2 aromatic heterocycles. The minimum Gasteiger partial charge on any atom is -0.496 e. The maximum Gasteiger partial charge on any atom is 0.343 e. The molecular formula is C30H26N2O6. The predicted octanol–water partition coefficient (Wildman–Crippen LogP) is 3.90. The molecule has 4 aromatic rings. The number of esters is 1. The van der Waals surface area contributed by atoms with E-state index < -0.39 is 11.6 Å². The van der Waals surface area contributed by atoms with Crippen molar-refractivity contribution < 1.29 is 24.2 Å². The van der Waals surface area contributed by atoms with Gasteiger partial charge in [0.05, 0.1) is 36.1 Å². The molecule has 4 heterocycles. The second-order valence-electron chi connectivity index (χ2n) is 9.70. The van der Waals surface area contributed by atoms with Gasteiger partial charge < -0.3 is 19.1 Å². The number of fused-ring (bicyclic) bond motifs is 5. The van der Waals surface area contributed by atoms with Crippen molar-refractivity contribution in [2.24, 2.45) is 0 Å². The Morgan fingerprint density at radius 2 is 1.95 bits per heavy atom. The first-order chi connectivity index (χ1) is 18.4. The molecule has 0 bridgehead atoms. The van der Waals surface area contributed by atoms with E-state index >= 15 is 0 Å². The van der Waals surface area contributed by atoms with E-state index in [1.165, 1.54) is 0 Å². The lowest BCUT2D eigenvalue weighted by Crippen LogP contribution is -2.44. The number of hydrogen-bond acceptors (Lipinski definition) is 7. The Balaban J connectivity index is 1.44. The third kappa shape index (κ3) is 3.55. The number of methoxy groups -OCH3 is 1. The van der Waals surface area contributed by atoms with E-state index in [2.05, 4.69) is 0 Å². The molecule has 1 atom stereocenters. The highest BCUT2D eigenvalue weighted by Gasteiger charge is 2.45. The molecule has 8 nitrogen and oxygen atoms in total. The van der Waals surface area contributed by atoms with Gasteiger partial charge >= 0.3 is 5.97 Å². The first kappa shape index (κ1) is 24.1. The number of carbonyl (C=O) groups excluding carboxylic acids is 2. The number of Topliss-reactive ketones (excluding diaryl/α,β-unsaturated/α-hetero) is 1. The summed E-state index contributed by atoms with van der Waals surface area (Å²) in [6.07, 6.45) is 0.871. The average molecular weight is 511 g/mol. The van der Waals surface area contributed by atoms with Gasteiger partial charge in [-0.25, -0.2) is 9.78 Å². The summed E-state index contributed by atoms with van der Waals surface area (Å²) in [5.74, 6) is -0.0289. The second kappa shape index (κ2) is 8.92.